The Bertz CT molecular complexity index is 307. The van der Waals surface area contributed by atoms with Crippen molar-refractivity contribution in [1.82, 2.24) is 0 Å². The average molecular weight is 441 g/mol. The van der Waals surface area contributed by atoms with Crippen molar-refractivity contribution in [2.45, 2.75) is 154 Å². The maximum atomic E-state index is 5.23. The molecular formula is C28H56O3. The topological polar surface area (TPSA) is 34.3 Å². The van der Waals surface area contributed by atoms with E-state index in [-0.39, 0.29) is 0 Å². The maximum absolute atomic E-state index is 5.23. The minimum absolute atomic E-state index is 0.392. The molecule has 2 rings (SSSR count). The first-order valence-corrected chi connectivity index (χ1v) is 14.2. The predicted octanol–water partition coefficient (Wildman–Crippen LogP) is 8.63. The number of unbranched alkanes of at least 4 members (excludes halogenated alkanes) is 19. The third-order valence-electron chi connectivity index (χ3n) is 6.37. The van der Waals surface area contributed by atoms with E-state index in [2.05, 4.69) is 13.8 Å². The Balaban J connectivity index is 0.000000432. The van der Waals surface area contributed by atoms with Crippen LogP contribution in [0.15, 0.2) is 0 Å². The molecule has 2 heterocycles. The minimum atomic E-state index is 0.392. The van der Waals surface area contributed by atoms with E-state index < -0.39 is 0 Å². The van der Waals surface area contributed by atoms with Gasteiger partial charge in [-0.1, -0.05) is 142 Å². The van der Waals surface area contributed by atoms with Crippen LogP contribution in [0.3, 0.4) is 0 Å². The molecule has 0 aromatic heterocycles. The molecular weight excluding hydrogens is 384 g/mol. The lowest BCUT2D eigenvalue weighted by molar-refractivity contribution is 0.102. The first-order valence-electron chi connectivity index (χ1n) is 14.2. The SMILES string of the molecule is C(OCC1CO1)C1CO1.CCCCCCCCCCCCCCCCCCCCCC. The highest BCUT2D eigenvalue weighted by Gasteiger charge is 2.26. The van der Waals surface area contributed by atoms with E-state index in [1.165, 1.54) is 128 Å². The van der Waals surface area contributed by atoms with Gasteiger partial charge in [-0.15, -0.1) is 0 Å². The third-order valence-corrected chi connectivity index (χ3v) is 6.37. The lowest BCUT2D eigenvalue weighted by Gasteiger charge is -2.03. The molecule has 0 N–H and O–H groups in total. The largest absolute Gasteiger partial charge is 0.376 e. The summed E-state index contributed by atoms with van der Waals surface area (Å²) in [6, 6.07) is 0. The van der Waals surface area contributed by atoms with Crippen molar-refractivity contribution in [2.75, 3.05) is 26.4 Å². The molecule has 3 heteroatoms. The van der Waals surface area contributed by atoms with E-state index in [9.17, 15) is 0 Å². The Kier molecular flexibility index (Phi) is 21.5. The summed E-state index contributed by atoms with van der Waals surface area (Å²) in [5.41, 5.74) is 0. The number of rotatable bonds is 23. The van der Waals surface area contributed by atoms with Crippen molar-refractivity contribution in [2.24, 2.45) is 0 Å². The van der Waals surface area contributed by atoms with Gasteiger partial charge in [0.15, 0.2) is 0 Å². The lowest BCUT2D eigenvalue weighted by Crippen LogP contribution is -2.06. The van der Waals surface area contributed by atoms with Crippen LogP contribution in [0, 0.1) is 0 Å². The highest BCUT2D eigenvalue weighted by molar-refractivity contribution is 4.71. The number of hydrogen-bond donors (Lipinski definition) is 0. The average Bonchev–Trinajstić information content (AvgIpc) is 3.70. The summed E-state index contributed by atoms with van der Waals surface area (Å²) >= 11 is 0. The normalized spacial score (nSPS) is 19.2. The molecule has 3 nitrogen and oxygen atoms in total. The van der Waals surface area contributed by atoms with Crippen LogP contribution in [0.1, 0.15) is 142 Å². The van der Waals surface area contributed by atoms with Crippen molar-refractivity contribution in [1.29, 1.82) is 0 Å². The molecule has 0 aromatic carbocycles. The Morgan fingerprint density at radius 2 is 0.677 bits per heavy atom. The molecule has 186 valence electrons. The van der Waals surface area contributed by atoms with Gasteiger partial charge in [-0.25, -0.2) is 0 Å². The zero-order chi connectivity index (χ0) is 22.2. The van der Waals surface area contributed by atoms with Gasteiger partial charge in [0.05, 0.1) is 26.4 Å². The number of ether oxygens (including phenoxy) is 3. The predicted molar refractivity (Wildman–Crippen MR) is 134 cm³/mol. The molecule has 0 radical (unpaired) electrons. The minimum Gasteiger partial charge on any atom is -0.376 e. The molecule has 2 aliphatic heterocycles. The van der Waals surface area contributed by atoms with Crippen LogP contribution in [-0.4, -0.2) is 38.6 Å². The lowest BCUT2D eigenvalue weighted by atomic mass is 10.0. The molecule has 0 spiro atoms. The zero-order valence-corrected chi connectivity index (χ0v) is 21.4. The van der Waals surface area contributed by atoms with Crippen molar-refractivity contribution < 1.29 is 14.2 Å². The van der Waals surface area contributed by atoms with Crippen LogP contribution < -0.4 is 0 Å². The monoisotopic (exact) mass is 440 g/mol. The summed E-state index contributed by atoms with van der Waals surface area (Å²) in [6.07, 6.45) is 30.2. The van der Waals surface area contributed by atoms with E-state index in [4.69, 9.17) is 14.2 Å². The summed E-state index contributed by atoms with van der Waals surface area (Å²) in [7, 11) is 0. The van der Waals surface area contributed by atoms with Crippen LogP contribution in [0.5, 0.6) is 0 Å². The van der Waals surface area contributed by atoms with Gasteiger partial charge in [0.25, 0.3) is 0 Å². The first kappa shape index (κ1) is 28.9. The second kappa shape index (κ2) is 23.1. The van der Waals surface area contributed by atoms with Gasteiger partial charge < -0.3 is 14.2 Å². The van der Waals surface area contributed by atoms with E-state index in [1.807, 2.05) is 0 Å². The van der Waals surface area contributed by atoms with Crippen LogP contribution in [-0.2, 0) is 14.2 Å². The van der Waals surface area contributed by atoms with Gasteiger partial charge >= 0.3 is 0 Å². The fourth-order valence-electron chi connectivity index (χ4n) is 3.99. The quantitative estimate of drug-likeness (QED) is 0.118. The summed E-state index contributed by atoms with van der Waals surface area (Å²) in [5.74, 6) is 0. The molecule has 0 aliphatic carbocycles. The van der Waals surface area contributed by atoms with Gasteiger partial charge in [0, 0.05) is 0 Å². The van der Waals surface area contributed by atoms with E-state index in [0.717, 1.165) is 26.4 Å². The number of hydrogen-bond acceptors (Lipinski definition) is 3. The molecule has 0 aromatic rings. The van der Waals surface area contributed by atoms with Gasteiger partial charge in [0.1, 0.15) is 12.2 Å². The fraction of sp³-hybridized carbons (Fsp3) is 1.00. The molecule has 2 atom stereocenters. The van der Waals surface area contributed by atoms with Crippen molar-refractivity contribution in [3.8, 4) is 0 Å². The summed E-state index contributed by atoms with van der Waals surface area (Å²) in [5, 5.41) is 0. The highest BCUT2D eigenvalue weighted by Crippen LogP contribution is 2.15. The fourth-order valence-corrected chi connectivity index (χ4v) is 3.99. The first-order chi connectivity index (χ1) is 15.4. The standard InChI is InChI=1S/C22H46.C6H10O3/c1-3-5-7-9-11-13-15-17-19-21-22-20-18-16-14-12-10-8-6-4-2;1(5-3-8-5)7-2-6-4-9-6/h3-22H2,1-2H3;5-6H,1-4H2. The van der Waals surface area contributed by atoms with Gasteiger partial charge in [-0.05, 0) is 0 Å². The summed E-state index contributed by atoms with van der Waals surface area (Å²) in [6.45, 7) is 7.86. The van der Waals surface area contributed by atoms with Crippen LogP contribution in [0.25, 0.3) is 0 Å². The molecule has 2 unspecified atom stereocenters. The van der Waals surface area contributed by atoms with Crippen molar-refractivity contribution >= 4 is 0 Å². The smallest absolute Gasteiger partial charge is 0.104 e. The van der Waals surface area contributed by atoms with Gasteiger partial charge in [0.2, 0.25) is 0 Å². The Hall–Kier alpha value is -0.120. The van der Waals surface area contributed by atoms with Crippen molar-refractivity contribution in [3.63, 3.8) is 0 Å². The second-order valence-electron chi connectivity index (χ2n) is 9.81. The summed E-state index contributed by atoms with van der Waals surface area (Å²) < 4.78 is 15.1. The van der Waals surface area contributed by atoms with Crippen LogP contribution in [0.4, 0.5) is 0 Å². The van der Waals surface area contributed by atoms with Crippen molar-refractivity contribution in [3.05, 3.63) is 0 Å². The Morgan fingerprint density at radius 1 is 0.452 bits per heavy atom. The molecule has 31 heavy (non-hydrogen) atoms. The summed E-state index contributed by atoms with van der Waals surface area (Å²) in [4.78, 5) is 0. The second-order valence-corrected chi connectivity index (χ2v) is 9.81. The maximum Gasteiger partial charge on any atom is 0.104 e. The molecule has 0 bridgehead atoms. The molecule has 2 fully saturated rings. The van der Waals surface area contributed by atoms with Crippen LogP contribution >= 0.6 is 0 Å². The van der Waals surface area contributed by atoms with E-state index in [1.54, 1.807) is 0 Å². The third kappa shape index (κ3) is 24.4. The highest BCUT2D eigenvalue weighted by atomic mass is 16.6. The molecule has 2 aliphatic rings. The molecule has 0 saturated carbocycles. The molecule has 0 amide bonds. The Morgan fingerprint density at radius 3 is 0.871 bits per heavy atom. The number of epoxide rings is 2. The van der Waals surface area contributed by atoms with Gasteiger partial charge in [-0.3, -0.25) is 0 Å². The Labute approximate surface area is 195 Å². The van der Waals surface area contributed by atoms with E-state index >= 15 is 0 Å². The van der Waals surface area contributed by atoms with E-state index in [0.29, 0.717) is 12.2 Å². The molecule has 2 saturated heterocycles. The zero-order valence-electron chi connectivity index (χ0n) is 21.4. The van der Waals surface area contributed by atoms with Gasteiger partial charge in [-0.2, -0.15) is 0 Å². The van der Waals surface area contributed by atoms with Crippen LogP contribution in [0.2, 0.25) is 0 Å².